The minimum absolute atomic E-state index is 0.131. The van der Waals surface area contributed by atoms with Gasteiger partial charge in [0.25, 0.3) is 17.4 Å². The monoisotopic (exact) mass is 368 g/mol. The fourth-order valence-electron chi connectivity index (χ4n) is 3.44. The molecule has 8 nitrogen and oxygen atoms in total. The van der Waals surface area contributed by atoms with Gasteiger partial charge in [-0.25, -0.2) is 4.98 Å². The number of carbonyl (C=O) groups is 2. The number of anilines is 1. The van der Waals surface area contributed by atoms with Crippen LogP contribution >= 0.6 is 0 Å². The maximum Gasteiger partial charge on any atom is 0.274 e. The molecule has 0 spiro atoms. The molecule has 1 atom stereocenters. The van der Waals surface area contributed by atoms with E-state index in [2.05, 4.69) is 15.3 Å². The zero-order valence-corrected chi connectivity index (χ0v) is 14.7. The van der Waals surface area contributed by atoms with Gasteiger partial charge in [0.05, 0.1) is 6.20 Å². The molecule has 0 aliphatic carbocycles. The summed E-state index contributed by atoms with van der Waals surface area (Å²) in [6.07, 6.45) is 4.42. The molecule has 2 aromatic rings. The van der Waals surface area contributed by atoms with E-state index in [1.54, 1.807) is 4.90 Å². The minimum atomic E-state index is -0.384. The Morgan fingerprint density at radius 2 is 2.19 bits per heavy atom. The van der Waals surface area contributed by atoms with Gasteiger partial charge in [-0.15, -0.1) is 0 Å². The SMILES string of the molecule is O=C(Nc1ccc2c(c1)CN(C(=O)c1c[nH]c(=O)cn1)CC2)[C@@H]1CCCO1. The number of ether oxygens (including phenoxy) is 1. The number of H-pyrrole nitrogens is 1. The quantitative estimate of drug-likeness (QED) is 0.844. The highest BCUT2D eigenvalue weighted by atomic mass is 16.5. The number of benzene rings is 1. The fourth-order valence-corrected chi connectivity index (χ4v) is 3.44. The third kappa shape index (κ3) is 3.75. The lowest BCUT2D eigenvalue weighted by Gasteiger charge is -2.29. The summed E-state index contributed by atoms with van der Waals surface area (Å²) in [5.41, 5.74) is 2.71. The smallest absolute Gasteiger partial charge is 0.274 e. The number of nitrogens with one attached hydrogen (secondary N) is 2. The molecule has 8 heteroatoms. The third-order valence-corrected chi connectivity index (χ3v) is 4.89. The van der Waals surface area contributed by atoms with E-state index >= 15 is 0 Å². The molecule has 1 aromatic heterocycles. The Labute approximate surface area is 155 Å². The molecule has 140 valence electrons. The van der Waals surface area contributed by atoms with E-state index in [9.17, 15) is 14.4 Å². The summed E-state index contributed by atoms with van der Waals surface area (Å²) in [6.45, 7) is 1.63. The Kier molecular flexibility index (Phi) is 4.72. The van der Waals surface area contributed by atoms with Gasteiger partial charge >= 0.3 is 0 Å². The average molecular weight is 368 g/mol. The van der Waals surface area contributed by atoms with E-state index in [4.69, 9.17) is 4.74 Å². The molecular formula is C19H20N4O4. The van der Waals surface area contributed by atoms with Crippen molar-refractivity contribution in [2.45, 2.75) is 31.9 Å². The Morgan fingerprint density at radius 3 is 2.93 bits per heavy atom. The lowest BCUT2D eigenvalue weighted by molar-refractivity contribution is -0.124. The second kappa shape index (κ2) is 7.32. The molecule has 0 radical (unpaired) electrons. The van der Waals surface area contributed by atoms with Gasteiger partial charge in [0.2, 0.25) is 0 Å². The maximum absolute atomic E-state index is 12.6. The first-order valence-electron chi connectivity index (χ1n) is 8.98. The lowest BCUT2D eigenvalue weighted by atomic mass is 9.98. The van der Waals surface area contributed by atoms with E-state index in [1.807, 2.05) is 18.2 Å². The van der Waals surface area contributed by atoms with Gasteiger partial charge in [-0.3, -0.25) is 14.4 Å². The molecule has 4 rings (SSSR count). The standard InChI is InChI=1S/C19H20N4O4/c24-17-10-20-15(9-21-17)19(26)23-6-5-12-3-4-14(8-13(12)11-23)22-18(25)16-2-1-7-27-16/h3-4,8-10,16H,1-2,5-7,11H2,(H,21,24)(H,22,25)/t16-/m0/s1. The molecule has 2 amide bonds. The molecule has 1 aromatic carbocycles. The van der Waals surface area contributed by atoms with Gasteiger partial charge in [0.1, 0.15) is 11.8 Å². The molecule has 0 bridgehead atoms. The number of aromatic nitrogens is 2. The van der Waals surface area contributed by atoms with Crippen molar-refractivity contribution in [2.24, 2.45) is 0 Å². The van der Waals surface area contributed by atoms with Gasteiger partial charge in [-0.05, 0) is 42.5 Å². The highest BCUT2D eigenvalue weighted by molar-refractivity contribution is 5.94. The summed E-state index contributed by atoms with van der Waals surface area (Å²) in [4.78, 5) is 44.0. The summed E-state index contributed by atoms with van der Waals surface area (Å²) < 4.78 is 5.41. The van der Waals surface area contributed by atoms with Crippen LogP contribution < -0.4 is 10.9 Å². The van der Waals surface area contributed by atoms with Gasteiger partial charge in [-0.2, -0.15) is 0 Å². The minimum Gasteiger partial charge on any atom is -0.368 e. The second-order valence-electron chi connectivity index (χ2n) is 6.75. The van der Waals surface area contributed by atoms with Crippen LogP contribution in [0.1, 0.15) is 34.5 Å². The van der Waals surface area contributed by atoms with Crippen molar-refractivity contribution in [1.29, 1.82) is 0 Å². The predicted octanol–water partition coefficient (Wildman–Crippen LogP) is 1.09. The summed E-state index contributed by atoms with van der Waals surface area (Å²) in [6, 6.07) is 5.77. The van der Waals surface area contributed by atoms with Gasteiger partial charge in [0, 0.05) is 31.6 Å². The molecule has 0 unspecified atom stereocenters. The lowest BCUT2D eigenvalue weighted by Crippen LogP contribution is -2.36. The fraction of sp³-hybridized carbons (Fsp3) is 0.368. The molecule has 27 heavy (non-hydrogen) atoms. The van der Waals surface area contributed by atoms with Crippen LogP contribution in [0.2, 0.25) is 0 Å². The van der Waals surface area contributed by atoms with Crippen molar-refractivity contribution in [1.82, 2.24) is 14.9 Å². The van der Waals surface area contributed by atoms with Crippen molar-refractivity contribution in [3.63, 3.8) is 0 Å². The van der Waals surface area contributed by atoms with E-state index in [1.165, 1.54) is 6.20 Å². The Bertz CT molecular complexity index is 913. The van der Waals surface area contributed by atoms with Crippen molar-refractivity contribution in [2.75, 3.05) is 18.5 Å². The number of rotatable bonds is 3. The first kappa shape index (κ1) is 17.4. The molecular weight excluding hydrogens is 348 g/mol. The van der Waals surface area contributed by atoms with E-state index in [-0.39, 0.29) is 29.2 Å². The molecule has 1 fully saturated rings. The summed E-state index contributed by atoms with van der Waals surface area (Å²) >= 11 is 0. The molecule has 2 aliphatic heterocycles. The Morgan fingerprint density at radius 1 is 1.30 bits per heavy atom. The Hall–Kier alpha value is -3.00. The third-order valence-electron chi connectivity index (χ3n) is 4.89. The van der Waals surface area contributed by atoms with Crippen LogP contribution in [0, 0.1) is 0 Å². The number of carbonyl (C=O) groups excluding carboxylic acids is 2. The van der Waals surface area contributed by atoms with Gasteiger partial charge in [-0.1, -0.05) is 6.07 Å². The van der Waals surface area contributed by atoms with Crippen LogP contribution in [0.25, 0.3) is 0 Å². The number of aromatic amines is 1. The first-order valence-corrected chi connectivity index (χ1v) is 8.98. The van der Waals surface area contributed by atoms with Crippen LogP contribution in [0.5, 0.6) is 0 Å². The molecule has 0 saturated carbocycles. The number of nitrogens with zero attached hydrogens (tertiary/aromatic N) is 2. The van der Waals surface area contributed by atoms with E-state index < -0.39 is 0 Å². The topological polar surface area (TPSA) is 104 Å². The number of fused-ring (bicyclic) bond motifs is 1. The highest BCUT2D eigenvalue weighted by Crippen LogP contribution is 2.24. The van der Waals surface area contributed by atoms with Crippen LogP contribution in [0.4, 0.5) is 5.69 Å². The highest BCUT2D eigenvalue weighted by Gasteiger charge is 2.25. The number of amides is 2. The summed E-state index contributed by atoms with van der Waals surface area (Å²) in [7, 11) is 0. The number of hydrogen-bond donors (Lipinski definition) is 2. The first-order chi connectivity index (χ1) is 13.1. The number of hydrogen-bond acceptors (Lipinski definition) is 5. The molecule has 1 saturated heterocycles. The van der Waals surface area contributed by atoms with Crippen LogP contribution in [-0.2, 0) is 22.5 Å². The largest absolute Gasteiger partial charge is 0.368 e. The van der Waals surface area contributed by atoms with Crippen molar-refractivity contribution in [3.8, 4) is 0 Å². The second-order valence-corrected chi connectivity index (χ2v) is 6.75. The van der Waals surface area contributed by atoms with Crippen molar-refractivity contribution < 1.29 is 14.3 Å². The maximum atomic E-state index is 12.6. The van der Waals surface area contributed by atoms with Crippen LogP contribution in [-0.4, -0.2) is 45.9 Å². The zero-order valence-electron chi connectivity index (χ0n) is 14.7. The summed E-state index contributed by atoms with van der Waals surface area (Å²) in [5.74, 6) is -0.362. The molecule has 2 aliphatic rings. The van der Waals surface area contributed by atoms with E-state index in [0.29, 0.717) is 25.4 Å². The summed E-state index contributed by atoms with van der Waals surface area (Å²) in [5, 5.41) is 2.90. The normalized spacial score (nSPS) is 18.8. The Balaban J connectivity index is 1.48. The predicted molar refractivity (Wildman–Crippen MR) is 97.3 cm³/mol. The molecule has 3 heterocycles. The van der Waals surface area contributed by atoms with Gasteiger partial charge < -0.3 is 19.9 Å². The van der Waals surface area contributed by atoms with Crippen molar-refractivity contribution in [3.05, 3.63) is 57.8 Å². The van der Waals surface area contributed by atoms with Gasteiger partial charge in [0.15, 0.2) is 0 Å². The van der Waals surface area contributed by atoms with Crippen LogP contribution in [0.15, 0.2) is 35.4 Å². The van der Waals surface area contributed by atoms with E-state index in [0.717, 1.165) is 36.6 Å². The molecule has 2 N–H and O–H groups in total. The zero-order chi connectivity index (χ0) is 18.8. The average Bonchev–Trinajstić information content (AvgIpc) is 3.22. The van der Waals surface area contributed by atoms with Crippen LogP contribution in [0.3, 0.4) is 0 Å². The van der Waals surface area contributed by atoms with Crippen molar-refractivity contribution >= 4 is 17.5 Å².